The zero-order chi connectivity index (χ0) is 20.4. The molecule has 0 radical (unpaired) electrons. The summed E-state index contributed by atoms with van der Waals surface area (Å²) in [5, 5.41) is 2.35. The van der Waals surface area contributed by atoms with E-state index in [0.717, 1.165) is 36.8 Å². The van der Waals surface area contributed by atoms with Crippen LogP contribution in [-0.2, 0) is 4.79 Å². The van der Waals surface area contributed by atoms with Gasteiger partial charge in [-0.1, -0.05) is 30.3 Å². The Hall–Kier alpha value is -2.80. The quantitative estimate of drug-likeness (QED) is 0.424. The van der Waals surface area contributed by atoms with E-state index < -0.39 is 0 Å². The Bertz CT molecular complexity index is 911. The van der Waals surface area contributed by atoms with E-state index in [2.05, 4.69) is 34.2 Å². The Labute approximate surface area is 171 Å². The Morgan fingerprint density at radius 3 is 2.76 bits per heavy atom. The van der Waals surface area contributed by atoms with Crippen LogP contribution in [0.3, 0.4) is 0 Å². The number of nitrogens with two attached hydrogens (primary N) is 2. The summed E-state index contributed by atoms with van der Waals surface area (Å²) < 4.78 is 6.09. The molecule has 1 amide bonds. The number of carbonyl (C=O) groups excluding carboxylic acids is 1. The van der Waals surface area contributed by atoms with E-state index in [1.54, 1.807) is 0 Å². The van der Waals surface area contributed by atoms with Crippen molar-refractivity contribution in [3.05, 3.63) is 42.5 Å². The molecular formula is C22H29N5O2. The zero-order valence-corrected chi connectivity index (χ0v) is 16.8. The summed E-state index contributed by atoms with van der Waals surface area (Å²) in [6.45, 7) is 1.08. The molecule has 2 saturated heterocycles. The van der Waals surface area contributed by atoms with Gasteiger partial charge in [0, 0.05) is 6.54 Å². The Morgan fingerprint density at radius 2 is 1.97 bits per heavy atom. The normalized spacial score (nSPS) is 24.1. The van der Waals surface area contributed by atoms with Gasteiger partial charge in [-0.2, -0.15) is 0 Å². The highest BCUT2D eigenvalue weighted by Gasteiger charge is 2.49. The number of aliphatic imine (C=N–C) groups is 1. The highest BCUT2D eigenvalue weighted by molar-refractivity contribution is 5.85. The minimum atomic E-state index is -0.0994. The van der Waals surface area contributed by atoms with Crippen LogP contribution in [0.4, 0.5) is 0 Å². The number of hydrogen-bond donors (Lipinski definition) is 2. The highest BCUT2D eigenvalue weighted by Crippen LogP contribution is 2.35. The predicted molar refractivity (Wildman–Crippen MR) is 115 cm³/mol. The molecule has 2 aromatic rings. The first-order valence-corrected chi connectivity index (χ1v) is 10.3. The van der Waals surface area contributed by atoms with Crippen molar-refractivity contribution in [2.24, 2.45) is 16.5 Å². The van der Waals surface area contributed by atoms with Gasteiger partial charge in [0.1, 0.15) is 12.4 Å². The molecule has 0 bridgehead atoms. The third-order valence-electron chi connectivity index (χ3n) is 6.07. The van der Waals surface area contributed by atoms with Gasteiger partial charge in [-0.25, -0.2) is 0 Å². The summed E-state index contributed by atoms with van der Waals surface area (Å²) in [4.78, 5) is 21.3. The fraction of sp³-hybridized carbons (Fsp3) is 0.455. The minimum Gasteiger partial charge on any atom is -0.491 e. The van der Waals surface area contributed by atoms with Gasteiger partial charge in [-0.3, -0.25) is 14.7 Å². The van der Waals surface area contributed by atoms with E-state index in [4.69, 9.17) is 16.2 Å². The number of hydrogen-bond acceptors (Lipinski definition) is 4. The van der Waals surface area contributed by atoms with Crippen molar-refractivity contribution in [3.63, 3.8) is 0 Å². The Kier molecular flexibility index (Phi) is 5.58. The van der Waals surface area contributed by atoms with E-state index in [-0.39, 0.29) is 30.1 Å². The average Bonchev–Trinajstić information content (AvgIpc) is 3.24. The second-order valence-electron chi connectivity index (χ2n) is 7.91. The van der Waals surface area contributed by atoms with Crippen LogP contribution < -0.4 is 16.2 Å². The fourth-order valence-electron chi connectivity index (χ4n) is 4.58. The molecule has 29 heavy (non-hydrogen) atoms. The standard InChI is InChI=1S/C22H29N5O2/c1-26-19(7-4-12-25-22(23)24)21(28)27-17(9-11-20(26)27)14-29-18-10-8-15-5-2-3-6-16(15)13-18/h2-3,5-6,8,10,13,17,19-20H,4,7,9,11-12,14H2,1H3,(H4,23,24,25)/t17-,19+,20?/m1/s1. The number of nitrogens with zero attached hydrogens (tertiary/aromatic N) is 3. The SMILES string of the molecule is CN1C2CC[C@H](COc3ccc4ccccc4c3)N2C(=O)[C@@H]1CCCN=C(N)N. The van der Waals surface area contributed by atoms with Gasteiger partial charge in [0.05, 0.1) is 18.2 Å². The first-order chi connectivity index (χ1) is 14.0. The Balaban J connectivity index is 1.37. The maximum Gasteiger partial charge on any atom is 0.241 e. The number of carbonyl (C=O) groups is 1. The number of amides is 1. The molecule has 0 saturated carbocycles. The largest absolute Gasteiger partial charge is 0.491 e. The molecule has 7 heteroatoms. The number of ether oxygens (including phenoxy) is 1. The monoisotopic (exact) mass is 395 g/mol. The molecular weight excluding hydrogens is 366 g/mol. The molecule has 154 valence electrons. The molecule has 1 unspecified atom stereocenters. The van der Waals surface area contributed by atoms with E-state index in [1.165, 1.54) is 5.39 Å². The molecule has 0 aromatic heterocycles. The third-order valence-corrected chi connectivity index (χ3v) is 6.07. The van der Waals surface area contributed by atoms with Crippen LogP contribution in [0, 0.1) is 0 Å². The number of guanidine groups is 1. The van der Waals surface area contributed by atoms with Gasteiger partial charge in [0.25, 0.3) is 0 Å². The van der Waals surface area contributed by atoms with Crippen molar-refractivity contribution >= 4 is 22.6 Å². The van der Waals surface area contributed by atoms with E-state index in [9.17, 15) is 4.79 Å². The first-order valence-electron chi connectivity index (χ1n) is 10.3. The second-order valence-corrected chi connectivity index (χ2v) is 7.91. The summed E-state index contributed by atoms with van der Waals surface area (Å²) in [5.41, 5.74) is 10.7. The number of rotatable bonds is 7. The van der Waals surface area contributed by atoms with E-state index >= 15 is 0 Å². The van der Waals surface area contributed by atoms with Crippen molar-refractivity contribution in [2.75, 3.05) is 20.2 Å². The van der Waals surface area contributed by atoms with Gasteiger partial charge in [0.2, 0.25) is 5.91 Å². The number of fused-ring (bicyclic) bond motifs is 2. The smallest absolute Gasteiger partial charge is 0.241 e. The van der Waals surface area contributed by atoms with Gasteiger partial charge in [-0.05, 0) is 55.6 Å². The van der Waals surface area contributed by atoms with Gasteiger partial charge in [0.15, 0.2) is 5.96 Å². The zero-order valence-electron chi connectivity index (χ0n) is 16.8. The van der Waals surface area contributed by atoms with Crippen LogP contribution in [0.2, 0.25) is 0 Å². The van der Waals surface area contributed by atoms with Crippen molar-refractivity contribution in [1.29, 1.82) is 0 Å². The third kappa shape index (κ3) is 4.00. The van der Waals surface area contributed by atoms with Gasteiger partial charge < -0.3 is 21.1 Å². The van der Waals surface area contributed by atoms with Crippen LogP contribution in [0.1, 0.15) is 25.7 Å². The molecule has 0 aliphatic carbocycles. The predicted octanol–water partition coefficient (Wildman–Crippen LogP) is 1.90. The van der Waals surface area contributed by atoms with Gasteiger partial charge in [-0.15, -0.1) is 0 Å². The molecule has 2 heterocycles. The molecule has 2 aliphatic rings. The maximum absolute atomic E-state index is 13.1. The van der Waals surface area contributed by atoms with Gasteiger partial charge >= 0.3 is 0 Å². The van der Waals surface area contributed by atoms with Crippen molar-refractivity contribution in [1.82, 2.24) is 9.80 Å². The summed E-state index contributed by atoms with van der Waals surface area (Å²) in [6, 6.07) is 14.4. The molecule has 0 spiro atoms. The lowest BCUT2D eigenvalue weighted by Crippen LogP contribution is -2.40. The number of likely N-dealkylation sites (N-methyl/N-ethyl adjacent to an activating group) is 1. The molecule has 3 atom stereocenters. The van der Waals surface area contributed by atoms with Crippen LogP contribution in [0.15, 0.2) is 47.5 Å². The lowest BCUT2D eigenvalue weighted by molar-refractivity contribution is -0.131. The second kappa shape index (κ2) is 8.29. The first kappa shape index (κ1) is 19.5. The molecule has 7 nitrogen and oxygen atoms in total. The maximum atomic E-state index is 13.1. The summed E-state index contributed by atoms with van der Waals surface area (Å²) in [7, 11) is 2.04. The van der Waals surface area contributed by atoms with Crippen LogP contribution in [0.25, 0.3) is 10.8 Å². The topological polar surface area (TPSA) is 97.2 Å². The van der Waals surface area contributed by atoms with Crippen molar-refractivity contribution in [2.45, 2.75) is 43.9 Å². The molecule has 2 fully saturated rings. The Morgan fingerprint density at radius 1 is 1.17 bits per heavy atom. The van der Waals surface area contributed by atoms with Crippen LogP contribution in [-0.4, -0.2) is 60.1 Å². The van der Waals surface area contributed by atoms with Crippen molar-refractivity contribution < 1.29 is 9.53 Å². The molecule has 4 rings (SSSR count). The fourth-order valence-corrected chi connectivity index (χ4v) is 4.58. The lowest BCUT2D eigenvalue weighted by atomic mass is 10.1. The summed E-state index contributed by atoms with van der Waals surface area (Å²) in [5.74, 6) is 1.15. The molecule has 2 aromatic carbocycles. The molecule has 4 N–H and O–H groups in total. The lowest BCUT2D eigenvalue weighted by Gasteiger charge is -2.25. The summed E-state index contributed by atoms with van der Waals surface area (Å²) >= 11 is 0. The average molecular weight is 396 g/mol. The highest BCUT2D eigenvalue weighted by atomic mass is 16.5. The molecule has 2 aliphatic heterocycles. The van der Waals surface area contributed by atoms with Crippen LogP contribution >= 0.6 is 0 Å². The van der Waals surface area contributed by atoms with Crippen molar-refractivity contribution in [3.8, 4) is 5.75 Å². The minimum absolute atomic E-state index is 0.0994. The van der Waals surface area contributed by atoms with E-state index in [1.807, 2.05) is 30.1 Å². The summed E-state index contributed by atoms with van der Waals surface area (Å²) in [6.07, 6.45) is 3.67. The van der Waals surface area contributed by atoms with E-state index in [0.29, 0.717) is 13.2 Å². The number of benzene rings is 2. The van der Waals surface area contributed by atoms with Crippen LogP contribution in [0.5, 0.6) is 5.75 Å².